The molecule has 0 aromatic heterocycles. The quantitative estimate of drug-likeness (QED) is 0.474. The first-order chi connectivity index (χ1) is 2.41. The zero-order valence-corrected chi connectivity index (χ0v) is 5.29. The molecule has 0 radical (unpaired) electrons. The normalized spacial score (nSPS) is 8.40. The van der Waals surface area contributed by atoms with Crippen molar-refractivity contribution in [1.29, 1.82) is 0 Å². The van der Waals surface area contributed by atoms with E-state index in [2.05, 4.69) is 18.5 Å². The van der Waals surface area contributed by atoms with E-state index < -0.39 is 0 Å². The van der Waals surface area contributed by atoms with Gasteiger partial charge in [0.15, 0.2) is 0 Å². The summed E-state index contributed by atoms with van der Waals surface area (Å²) in [6, 6.07) is 0. The Labute approximate surface area is 36.9 Å². The Kier molecular flexibility index (Phi) is 5.61. The lowest BCUT2D eigenvalue weighted by Crippen LogP contribution is -1.76. The molecule has 0 rings (SSSR count). The van der Waals surface area contributed by atoms with Gasteiger partial charge in [0, 0.05) is 0 Å². The summed E-state index contributed by atoms with van der Waals surface area (Å²) in [6.45, 7) is 0. The standard InChI is InChI=1S/C2H8OP2/c4-1-3-2-5/h1-2,4-5H2. The maximum Gasteiger partial charge on any atom is 0.0606 e. The van der Waals surface area contributed by atoms with Crippen LogP contribution in [0.3, 0.4) is 0 Å². The van der Waals surface area contributed by atoms with Gasteiger partial charge in [-0.25, -0.2) is 0 Å². The largest absolute Gasteiger partial charge is 0.374 e. The van der Waals surface area contributed by atoms with Gasteiger partial charge < -0.3 is 4.74 Å². The molecule has 32 valence electrons. The smallest absolute Gasteiger partial charge is 0.0606 e. The summed E-state index contributed by atoms with van der Waals surface area (Å²) in [5.41, 5.74) is 0. The fourth-order valence-corrected chi connectivity index (χ4v) is 0.612. The van der Waals surface area contributed by atoms with Gasteiger partial charge in [0.2, 0.25) is 0 Å². The minimum Gasteiger partial charge on any atom is -0.374 e. The predicted molar refractivity (Wildman–Crippen MR) is 30.2 cm³/mol. The molecule has 3 heteroatoms. The molecule has 0 aliphatic rings. The topological polar surface area (TPSA) is 9.23 Å². The van der Waals surface area contributed by atoms with E-state index in [0.29, 0.717) is 0 Å². The van der Waals surface area contributed by atoms with E-state index in [4.69, 9.17) is 4.74 Å². The van der Waals surface area contributed by atoms with E-state index in [1.165, 1.54) is 0 Å². The molecule has 0 fully saturated rings. The Balaban J connectivity index is 2.19. The van der Waals surface area contributed by atoms with E-state index in [9.17, 15) is 0 Å². The average Bonchev–Trinajstić information content (AvgIpc) is 1.41. The number of hydrogen-bond acceptors (Lipinski definition) is 1. The maximum atomic E-state index is 4.76. The zero-order valence-electron chi connectivity index (χ0n) is 2.98. The van der Waals surface area contributed by atoms with Crippen molar-refractivity contribution in [2.45, 2.75) is 0 Å². The first kappa shape index (κ1) is 5.82. The third-order valence-electron chi connectivity index (χ3n) is 0.236. The molecule has 0 saturated carbocycles. The van der Waals surface area contributed by atoms with Crippen molar-refractivity contribution < 1.29 is 4.74 Å². The highest BCUT2D eigenvalue weighted by Crippen LogP contribution is 1.85. The Morgan fingerprint density at radius 1 is 1.20 bits per heavy atom. The van der Waals surface area contributed by atoms with Crippen LogP contribution in [0.25, 0.3) is 0 Å². The van der Waals surface area contributed by atoms with Gasteiger partial charge >= 0.3 is 0 Å². The number of ether oxygens (including phenoxy) is 1. The van der Waals surface area contributed by atoms with Crippen molar-refractivity contribution in [1.82, 2.24) is 0 Å². The lowest BCUT2D eigenvalue weighted by atomic mass is 11.5. The van der Waals surface area contributed by atoms with Crippen LogP contribution in [0.5, 0.6) is 0 Å². The van der Waals surface area contributed by atoms with Crippen LogP contribution in [0.4, 0.5) is 0 Å². The second-order valence-electron chi connectivity index (χ2n) is 0.537. The summed E-state index contributed by atoms with van der Waals surface area (Å²) in [6.07, 6.45) is 1.48. The molecule has 0 heterocycles. The second-order valence-corrected chi connectivity index (χ2v) is 1.20. The lowest BCUT2D eigenvalue weighted by Gasteiger charge is -1.86. The minimum atomic E-state index is 0.740. The monoisotopic (exact) mass is 110 g/mol. The van der Waals surface area contributed by atoms with Crippen LogP contribution in [-0.2, 0) is 4.74 Å². The van der Waals surface area contributed by atoms with Gasteiger partial charge in [0.05, 0.1) is 12.7 Å². The molecule has 2 atom stereocenters. The summed E-state index contributed by atoms with van der Waals surface area (Å²) in [5.74, 6) is 0. The third kappa shape index (κ3) is 4.82. The van der Waals surface area contributed by atoms with Gasteiger partial charge in [-0.15, -0.1) is 18.5 Å². The maximum absolute atomic E-state index is 4.76. The van der Waals surface area contributed by atoms with E-state index in [-0.39, 0.29) is 0 Å². The van der Waals surface area contributed by atoms with Crippen LogP contribution in [0.15, 0.2) is 0 Å². The Bertz CT molecular complexity index is 15.1. The zero-order chi connectivity index (χ0) is 4.12. The molecular weight excluding hydrogens is 102 g/mol. The SMILES string of the molecule is PCOCP. The Morgan fingerprint density at radius 2 is 1.60 bits per heavy atom. The summed E-state index contributed by atoms with van der Waals surface area (Å²) in [7, 11) is 4.93. The van der Waals surface area contributed by atoms with Crippen molar-refractivity contribution in [3.05, 3.63) is 0 Å². The van der Waals surface area contributed by atoms with Crippen LogP contribution in [-0.4, -0.2) is 12.7 Å². The van der Waals surface area contributed by atoms with Crippen molar-refractivity contribution in [3.63, 3.8) is 0 Å². The van der Waals surface area contributed by atoms with Crippen LogP contribution in [0.1, 0.15) is 0 Å². The van der Waals surface area contributed by atoms with Gasteiger partial charge in [-0.1, -0.05) is 0 Å². The van der Waals surface area contributed by atoms with Gasteiger partial charge in [0.25, 0.3) is 0 Å². The van der Waals surface area contributed by atoms with Gasteiger partial charge in [-0.2, -0.15) is 0 Å². The molecule has 0 N–H and O–H groups in total. The molecule has 0 aromatic rings. The molecule has 0 aliphatic heterocycles. The first-order valence-corrected chi connectivity index (χ1v) is 3.03. The molecule has 0 aromatic carbocycles. The third-order valence-corrected chi connectivity index (χ3v) is 0.707. The predicted octanol–water partition coefficient (Wildman–Crippen LogP) is 0.668. The van der Waals surface area contributed by atoms with E-state index in [1.54, 1.807) is 0 Å². The molecule has 0 bridgehead atoms. The van der Waals surface area contributed by atoms with Crippen LogP contribution >= 0.6 is 18.5 Å². The van der Waals surface area contributed by atoms with Crippen molar-refractivity contribution >= 4 is 18.5 Å². The Morgan fingerprint density at radius 3 is 1.60 bits per heavy atom. The van der Waals surface area contributed by atoms with Gasteiger partial charge in [-0.3, -0.25) is 0 Å². The Hall–Kier alpha value is 0.820. The summed E-state index contributed by atoms with van der Waals surface area (Å²) in [4.78, 5) is 0. The van der Waals surface area contributed by atoms with Crippen molar-refractivity contribution in [2.75, 3.05) is 12.7 Å². The van der Waals surface area contributed by atoms with Gasteiger partial charge in [-0.05, 0) is 0 Å². The molecule has 0 amide bonds. The lowest BCUT2D eigenvalue weighted by molar-refractivity contribution is 0.239. The number of hydrogen-bond donors (Lipinski definition) is 0. The second kappa shape index (κ2) is 4.82. The molecule has 0 spiro atoms. The molecule has 5 heavy (non-hydrogen) atoms. The molecule has 2 unspecified atom stereocenters. The number of rotatable bonds is 2. The highest BCUT2D eigenvalue weighted by molar-refractivity contribution is 7.17. The van der Waals surface area contributed by atoms with Crippen molar-refractivity contribution in [3.8, 4) is 0 Å². The average molecular weight is 110 g/mol. The van der Waals surface area contributed by atoms with E-state index in [1.807, 2.05) is 0 Å². The van der Waals surface area contributed by atoms with Crippen molar-refractivity contribution in [2.24, 2.45) is 0 Å². The molecule has 1 nitrogen and oxygen atoms in total. The van der Waals surface area contributed by atoms with Crippen LogP contribution in [0, 0.1) is 0 Å². The highest BCUT2D eigenvalue weighted by atomic mass is 31.0. The van der Waals surface area contributed by atoms with E-state index in [0.717, 1.165) is 12.7 Å². The highest BCUT2D eigenvalue weighted by Gasteiger charge is 1.63. The van der Waals surface area contributed by atoms with Crippen LogP contribution in [0.2, 0.25) is 0 Å². The molecule has 0 saturated heterocycles. The summed E-state index contributed by atoms with van der Waals surface area (Å²) >= 11 is 0. The fraction of sp³-hybridized carbons (Fsp3) is 1.00. The minimum absolute atomic E-state index is 0.740. The molecule has 0 aliphatic carbocycles. The first-order valence-electron chi connectivity index (χ1n) is 1.39. The fourth-order valence-electron chi connectivity index (χ4n) is 0.0680. The molecular formula is C2H8OP2. The van der Waals surface area contributed by atoms with Gasteiger partial charge in [0.1, 0.15) is 0 Å². The summed E-state index contributed by atoms with van der Waals surface area (Å²) in [5, 5.41) is 0. The van der Waals surface area contributed by atoms with Crippen LogP contribution < -0.4 is 0 Å². The van der Waals surface area contributed by atoms with E-state index >= 15 is 0 Å². The summed E-state index contributed by atoms with van der Waals surface area (Å²) < 4.78 is 4.76.